The van der Waals surface area contributed by atoms with Crippen LogP contribution in [0.3, 0.4) is 0 Å². The van der Waals surface area contributed by atoms with Crippen LogP contribution in [0, 0.1) is 6.92 Å². The number of hydrogen-bond acceptors (Lipinski definition) is 0. The fraction of sp³-hybridized carbons (Fsp3) is 0.0625. The zero-order chi connectivity index (χ0) is 12.5. The molecule has 0 saturated carbocycles. The second-order valence-corrected chi connectivity index (χ2v) is 5.18. The van der Waals surface area contributed by atoms with Crippen LogP contribution in [-0.2, 0) is 0 Å². The summed E-state index contributed by atoms with van der Waals surface area (Å²) in [6, 6.07) is 18.5. The maximum absolute atomic E-state index is 5.88. The predicted octanol–water partition coefficient (Wildman–Crippen LogP) is 5.45. The van der Waals surface area contributed by atoms with Gasteiger partial charge in [0.05, 0.1) is 17.9 Å². The molecule has 0 amide bonds. The molecule has 0 spiro atoms. The Morgan fingerprint density at radius 3 is 2.50 bits per heavy atom. The molecule has 88 valence electrons. The highest BCUT2D eigenvalue weighted by Crippen LogP contribution is 2.29. The van der Waals surface area contributed by atoms with Crippen molar-refractivity contribution in [3.8, 4) is 11.1 Å². The van der Waals surface area contributed by atoms with E-state index in [2.05, 4.69) is 40.2 Å². The number of halogens is 1. The lowest BCUT2D eigenvalue weighted by molar-refractivity contribution is 0.568. The summed E-state index contributed by atoms with van der Waals surface area (Å²) in [5.41, 5.74) is 3.23. The second kappa shape index (κ2) is 4.54. The first-order valence-corrected chi connectivity index (χ1v) is 6.62. The highest BCUT2D eigenvalue weighted by Gasteiger charge is 2.16. The van der Waals surface area contributed by atoms with Gasteiger partial charge in [-0.15, -0.1) is 0 Å². The lowest BCUT2D eigenvalue weighted by atomic mass is 10.0. The van der Waals surface area contributed by atoms with Crippen molar-refractivity contribution in [1.29, 1.82) is 0 Å². The molecule has 0 atom stereocenters. The lowest BCUT2D eigenvalue weighted by Gasteiger charge is -2.00. The van der Waals surface area contributed by atoms with Crippen LogP contribution >= 0.6 is 15.9 Å². The Balaban J connectivity index is 2.27. The van der Waals surface area contributed by atoms with E-state index in [1.165, 1.54) is 5.56 Å². The van der Waals surface area contributed by atoms with Gasteiger partial charge in [-0.3, -0.25) is 0 Å². The van der Waals surface area contributed by atoms with Gasteiger partial charge in [-0.1, -0.05) is 46.3 Å². The summed E-state index contributed by atoms with van der Waals surface area (Å²) in [4.78, 5) is 0. The average Bonchev–Trinajstić information content (AvgIpc) is 2.39. The molecule has 0 N–H and O–H groups in total. The molecule has 18 heavy (non-hydrogen) atoms. The molecule has 0 fully saturated rings. The summed E-state index contributed by atoms with van der Waals surface area (Å²) in [6.45, 7) is 2.00. The van der Waals surface area contributed by atoms with Gasteiger partial charge in [0, 0.05) is 10.5 Å². The molecular formula is C16H12BrO+. The van der Waals surface area contributed by atoms with E-state index in [1.54, 1.807) is 0 Å². The minimum Gasteiger partial charge on any atom is -0.212 e. The molecule has 0 aliphatic heterocycles. The zero-order valence-corrected chi connectivity index (χ0v) is 11.6. The van der Waals surface area contributed by atoms with Crippen LogP contribution in [0.2, 0.25) is 0 Å². The van der Waals surface area contributed by atoms with E-state index in [9.17, 15) is 0 Å². The van der Waals surface area contributed by atoms with Gasteiger partial charge < -0.3 is 0 Å². The van der Waals surface area contributed by atoms with E-state index in [0.29, 0.717) is 0 Å². The monoisotopic (exact) mass is 299 g/mol. The van der Waals surface area contributed by atoms with E-state index < -0.39 is 0 Å². The first-order chi connectivity index (χ1) is 8.74. The van der Waals surface area contributed by atoms with Crippen LogP contribution in [0.1, 0.15) is 5.76 Å². The Kier molecular flexibility index (Phi) is 2.88. The van der Waals surface area contributed by atoms with Crippen LogP contribution in [-0.4, -0.2) is 0 Å². The van der Waals surface area contributed by atoms with Crippen molar-refractivity contribution in [2.75, 3.05) is 0 Å². The van der Waals surface area contributed by atoms with Crippen molar-refractivity contribution in [3.05, 3.63) is 64.8 Å². The topological polar surface area (TPSA) is 11.3 Å². The van der Waals surface area contributed by atoms with Gasteiger partial charge >= 0.3 is 11.3 Å². The van der Waals surface area contributed by atoms with Gasteiger partial charge in [0.15, 0.2) is 0 Å². The number of benzene rings is 2. The maximum atomic E-state index is 5.88. The molecule has 0 aliphatic rings. The molecule has 1 aromatic heterocycles. The number of rotatable bonds is 1. The van der Waals surface area contributed by atoms with Gasteiger partial charge in [0.2, 0.25) is 0 Å². The summed E-state index contributed by atoms with van der Waals surface area (Å²) in [5.74, 6) is 0.941. The molecule has 2 aromatic carbocycles. The van der Waals surface area contributed by atoms with Crippen LogP contribution in [0.5, 0.6) is 0 Å². The molecule has 0 saturated heterocycles. The van der Waals surface area contributed by atoms with Gasteiger partial charge in [-0.05, 0) is 23.8 Å². The minimum absolute atomic E-state index is 0.912. The summed E-state index contributed by atoms with van der Waals surface area (Å²) < 4.78 is 6.94. The Morgan fingerprint density at radius 1 is 0.944 bits per heavy atom. The third-order valence-corrected chi connectivity index (χ3v) is 3.49. The largest absolute Gasteiger partial charge is 0.360 e. The third-order valence-electron chi connectivity index (χ3n) is 3.00. The van der Waals surface area contributed by atoms with Crippen molar-refractivity contribution in [2.45, 2.75) is 6.92 Å². The zero-order valence-electron chi connectivity index (χ0n) is 9.98. The smallest absolute Gasteiger partial charge is 0.212 e. The first kappa shape index (κ1) is 11.4. The number of hydrogen-bond donors (Lipinski definition) is 0. The predicted molar refractivity (Wildman–Crippen MR) is 78.5 cm³/mol. The van der Waals surface area contributed by atoms with Crippen LogP contribution in [0.25, 0.3) is 22.1 Å². The summed E-state index contributed by atoms with van der Waals surface area (Å²) in [7, 11) is 0. The van der Waals surface area contributed by atoms with E-state index >= 15 is 0 Å². The maximum Gasteiger partial charge on any atom is 0.360 e. The average molecular weight is 300 g/mol. The molecule has 2 heteroatoms. The van der Waals surface area contributed by atoms with Crippen LogP contribution < -0.4 is 0 Å². The standard InChI is InChI=1S/C16H12BrO/c1-11-15(12-5-3-2-4-6-12)10-13-9-14(17)7-8-16(13)18-11/h2-10H,1H3/q+1. The van der Waals surface area contributed by atoms with Gasteiger partial charge in [-0.2, -0.15) is 0 Å². The SMILES string of the molecule is Cc1[o+]c2ccc(Br)cc2cc1-c1ccccc1. The second-order valence-electron chi connectivity index (χ2n) is 4.26. The van der Waals surface area contributed by atoms with Gasteiger partial charge in [-0.25, -0.2) is 4.42 Å². The minimum atomic E-state index is 0.912. The third kappa shape index (κ3) is 2.04. The Morgan fingerprint density at radius 2 is 1.72 bits per heavy atom. The molecule has 0 radical (unpaired) electrons. The molecule has 3 aromatic rings. The molecule has 1 heterocycles. The normalized spacial score (nSPS) is 10.8. The quantitative estimate of drug-likeness (QED) is 0.544. The van der Waals surface area contributed by atoms with Gasteiger partial charge in [0.25, 0.3) is 0 Å². The molecule has 3 rings (SSSR count). The van der Waals surface area contributed by atoms with E-state index in [1.807, 2.05) is 37.3 Å². The Labute approximate surface area is 114 Å². The van der Waals surface area contributed by atoms with Crippen molar-refractivity contribution < 1.29 is 4.42 Å². The number of fused-ring (bicyclic) bond motifs is 1. The number of aryl methyl sites for hydroxylation is 1. The van der Waals surface area contributed by atoms with E-state index in [4.69, 9.17) is 4.42 Å². The van der Waals surface area contributed by atoms with Crippen molar-refractivity contribution in [3.63, 3.8) is 0 Å². The van der Waals surface area contributed by atoms with Crippen molar-refractivity contribution >= 4 is 26.9 Å². The van der Waals surface area contributed by atoms with Crippen LogP contribution in [0.4, 0.5) is 0 Å². The molecule has 1 nitrogen and oxygen atoms in total. The van der Waals surface area contributed by atoms with E-state index in [-0.39, 0.29) is 0 Å². The van der Waals surface area contributed by atoms with Crippen molar-refractivity contribution in [2.24, 2.45) is 0 Å². The summed E-state index contributed by atoms with van der Waals surface area (Å²) >= 11 is 3.49. The van der Waals surface area contributed by atoms with Crippen LogP contribution in [0.15, 0.2) is 63.5 Å². The molecular weight excluding hydrogens is 288 g/mol. The highest BCUT2D eigenvalue weighted by atomic mass is 79.9. The fourth-order valence-electron chi connectivity index (χ4n) is 2.11. The highest BCUT2D eigenvalue weighted by molar-refractivity contribution is 9.10. The summed E-state index contributed by atoms with van der Waals surface area (Å²) in [5, 5.41) is 1.11. The van der Waals surface area contributed by atoms with Crippen molar-refractivity contribution in [1.82, 2.24) is 0 Å². The Hall–Kier alpha value is -1.67. The fourth-order valence-corrected chi connectivity index (χ4v) is 2.49. The Bertz CT molecular complexity index is 705. The van der Waals surface area contributed by atoms with Gasteiger partial charge in [0.1, 0.15) is 0 Å². The summed E-state index contributed by atoms with van der Waals surface area (Å²) in [6.07, 6.45) is 0. The van der Waals surface area contributed by atoms with E-state index in [0.717, 1.165) is 26.8 Å². The lowest BCUT2D eigenvalue weighted by Crippen LogP contribution is -1.84. The molecule has 0 unspecified atom stereocenters. The molecule has 0 bridgehead atoms. The molecule has 0 aliphatic carbocycles. The first-order valence-electron chi connectivity index (χ1n) is 5.82.